The van der Waals surface area contributed by atoms with Crippen LogP contribution >= 0.6 is 15.9 Å². The van der Waals surface area contributed by atoms with E-state index in [0.717, 1.165) is 56.4 Å². The summed E-state index contributed by atoms with van der Waals surface area (Å²) < 4.78 is 5.85. The number of nitrogens with one attached hydrogen (secondary N) is 2. The number of nitrogens with zero attached hydrogens (tertiary/aromatic N) is 1. The average molecular weight is 560 g/mol. The van der Waals surface area contributed by atoms with Crippen molar-refractivity contribution < 1.29 is 14.3 Å². The van der Waals surface area contributed by atoms with Gasteiger partial charge in [-0.05, 0) is 53.8 Å². The average Bonchev–Trinajstić information content (AvgIpc) is 3.59. The molecule has 1 fully saturated rings. The molecule has 0 aliphatic carbocycles. The molecule has 3 aromatic carbocycles. The highest BCUT2D eigenvalue weighted by Crippen LogP contribution is 2.35. The number of amides is 1. The maximum Gasteiger partial charge on any atom is 0.310 e. The summed E-state index contributed by atoms with van der Waals surface area (Å²) in [4.78, 5) is 30.9. The van der Waals surface area contributed by atoms with Gasteiger partial charge in [0.2, 0.25) is 5.91 Å². The zero-order valence-electron chi connectivity index (χ0n) is 20.8. The number of halogens is 1. The van der Waals surface area contributed by atoms with Gasteiger partial charge >= 0.3 is 5.97 Å². The van der Waals surface area contributed by atoms with Crippen molar-refractivity contribution in [1.29, 1.82) is 0 Å². The minimum absolute atomic E-state index is 0.0615. The number of fused-ring (bicyclic) bond motifs is 1. The fourth-order valence-corrected chi connectivity index (χ4v) is 5.43. The summed E-state index contributed by atoms with van der Waals surface area (Å²) in [5.74, 6) is -0.355. The van der Waals surface area contributed by atoms with Gasteiger partial charge in [-0.25, -0.2) is 0 Å². The molecule has 190 valence electrons. The van der Waals surface area contributed by atoms with Gasteiger partial charge in [0.25, 0.3) is 0 Å². The lowest BCUT2D eigenvalue weighted by Gasteiger charge is -2.27. The zero-order valence-corrected chi connectivity index (χ0v) is 22.4. The van der Waals surface area contributed by atoms with Gasteiger partial charge in [0.15, 0.2) is 0 Å². The molecule has 0 spiro atoms. The minimum atomic E-state index is -0.293. The van der Waals surface area contributed by atoms with Gasteiger partial charge in [0, 0.05) is 45.9 Å². The van der Waals surface area contributed by atoms with E-state index in [1.54, 1.807) is 0 Å². The normalized spacial score (nSPS) is 14.1. The number of rotatable bonds is 8. The van der Waals surface area contributed by atoms with E-state index in [4.69, 9.17) is 4.74 Å². The van der Waals surface area contributed by atoms with E-state index in [0.29, 0.717) is 0 Å². The van der Waals surface area contributed by atoms with Crippen LogP contribution in [0.5, 0.6) is 0 Å². The van der Waals surface area contributed by atoms with Crippen LogP contribution in [0.2, 0.25) is 0 Å². The molecule has 0 saturated carbocycles. The molecule has 7 heteroatoms. The van der Waals surface area contributed by atoms with Crippen LogP contribution < -0.4 is 10.2 Å². The van der Waals surface area contributed by atoms with E-state index in [9.17, 15) is 9.59 Å². The van der Waals surface area contributed by atoms with Gasteiger partial charge in [0.05, 0.1) is 26.0 Å². The van der Waals surface area contributed by atoms with Gasteiger partial charge < -0.3 is 19.9 Å². The fraction of sp³-hybridized carbons (Fsp3) is 0.267. The third kappa shape index (κ3) is 5.72. The lowest BCUT2D eigenvalue weighted by atomic mass is 9.96. The number of esters is 1. The molecular formula is C30H30BrN3O3. The Morgan fingerprint density at radius 3 is 2.57 bits per heavy atom. The number of H-pyrrole nitrogens is 1. The third-order valence-corrected chi connectivity index (χ3v) is 7.44. The predicted octanol–water partition coefficient (Wildman–Crippen LogP) is 5.69. The summed E-state index contributed by atoms with van der Waals surface area (Å²) in [6.45, 7) is 2.03. The number of carbonyl (C=O) groups is 2. The van der Waals surface area contributed by atoms with Crippen molar-refractivity contribution in [3.8, 4) is 0 Å². The number of hydrogen-bond acceptors (Lipinski definition) is 4. The van der Waals surface area contributed by atoms with Gasteiger partial charge in [-0.1, -0.05) is 58.4 Å². The minimum Gasteiger partial charge on any atom is -0.469 e. The Morgan fingerprint density at radius 1 is 1.03 bits per heavy atom. The molecule has 1 amide bonds. The summed E-state index contributed by atoms with van der Waals surface area (Å²) in [5.41, 5.74) is 5.96. The number of aromatic nitrogens is 1. The van der Waals surface area contributed by atoms with Crippen molar-refractivity contribution in [1.82, 2.24) is 10.3 Å². The van der Waals surface area contributed by atoms with E-state index >= 15 is 0 Å². The molecule has 1 aromatic heterocycles. The van der Waals surface area contributed by atoms with Crippen LogP contribution in [0.15, 0.2) is 77.4 Å². The first kappa shape index (κ1) is 25.1. The lowest BCUT2D eigenvalue weighted by Crippen LogP contribution is -2.32. The van der Waals surface area contributed by atoms with Crippen LogP contribution in [0.1, 0.15) is 41.1 Å². The highest BCUT2D eigenvalue weighted by molar-refractivity contribution is 9.10. The second-order valence-electron chi connectivity index (χ2n) is 9.43. The number of methoxy groups -OCH3 is 1. The molecule has 0 radical (unpaired) electrons. The van der Waals surface area contributed by atoms with Crippen LogP contribution in [0.25, 0.3) is 10.9 Å². The van der Waals surface area contributed by atoms with Crippen molar-refractivity contribution in [2.45, 2.75) is 31.7 Å². The monoisotopic (exact) mass is 559 g/mol. The molecule has 1 saturated heterocycles. The topological polar surface area (TPSA) is 74.4 Å². The molecule has 1 unspecified atom stereocenters. The molecule has 37 heavy (non-hydrogen) atoms. The Labute approximate surface area is 225 Å². The fourth-order valence-electron chi connectivity index (χ4n) is 5.09. The second-order valence-corrected chi connectivity index (χ2v) is 10.3. The van der Waals surface area contributed by atoms with Crippen LogP contribution in [0.4, 0.5) is 5.69 Å². The SMILES string of the molecule is COC(=O)Cc1c[nH]c2ccc(CC(=O)NC(c3ccccc3)c3ccc(Br)cc3N3CCCC3)cc12. The molecule has 1 atom stereocenters. The van der Waals surface area contributed by atoms with Crippen molar-refractivity contribution in [3.05, 3.63) is 99.7 Å². The third-order valence-electron chi connectivity index (χ3n) is 6.95. The molecule has 1 aliphatic heterocycles. The molecule has 0 bridgehead atoms. The van der Waals surface area contributed by atoms with Crippen molar-refractivity contribution in [3.63, 3.8) is 0 Å². The van der Waals surface area contributed by atoms with Crippen molar-refractivity contribution in [2.24, 2.45) is 0 Å². The van der Waals surface area contributed by atoms with Crippen LogP contribution in [0.3, 0.4) is 0 Å². The number of ether oxygens (including phenoxy) is 1. The number of hydrogen-bond donors (Lipinski definition) is 2. The lowest BCUT2D eigenvalue weighted by molar-refractivity contribution is -0.139. The standard InChI is InChI=1S/C30H30BrN3O3/c1-37-29(36)17-22-19-32-26-12-9-20(15-25(22)26)16-28(35)33-30(21-7-3-2-4-8-21)24-11-10-23(31)18-27(24)34-13-5-6-14-34/h2-4,7-12,15,18-19,30,32H,5-6,13-14,16-17H2,1H3,(H,33,35). The van der Waals surface area contributed by atoms with Gasteiger partial charge in [-0.2, -0.15) is 0 Å². The van der Waals surface area contributed by atoms with E-state index < -0.39 is 0 Å². The number of aromatic amines is 1. The number of carbonyl (C=O) groups excluding carboxylic acids is 2. The molecular weight excluding hydrogens is 530 g/mol. The van der Waals surface area contributed by atoms with E-state index in [2.05, 4.69) is 55.4 Å². The summed E-state index contributed by atoms with van der Waals surface area (Å²) in [6.07, 6.45) is 4.59. The molecule has 2 N–H and O–H groups in total. The first-order valence-corrected chi connectivity index (χ1v) is 13.4. The Bertz CT molecular complexity index is 1410. The van der Waals surface area contributed by atoms with Crippen LogP contribution in [0, 0.1) is 0 Å². The molecule has 2 heterocycles. The maximum atomic E-state index is 13.4. The summed E-state index contributed by atoms with van der Waals surface area (Å²) >= 11 is 3.64. The predicted molar refractivity (Wildman–Crippen MR) is 150 cm³/mol. The van der Waals surface area contributed by atoms with Gasteiger partial charge in [0.1, 0.15) is 0 Å². The molecule has 4 aromatic rings. The highest BCUT2D eigenvalue weighted by atomic mass is 79.9. The molecule has 6 nitrogen and oxygen atoms in total. The zero-order chi connectivity index (χ0) is 25.8. The molecule has 1 aliphatic rings. The first-order chi connectivity index (χ1) is 18.0. The largest absolute Gasteiger partial charge is 0.469 e. The van der Waals surface area contributed by atoms with E-state index in [1.807, 2.05) is 48.7 Å². The quantitative estimate of drug-likeness (QED) is 0.272. The maximum absolute atomic E-state index is 13.4. The highest BCUT2D eigenvalue weighted by Gasteiger charge is 2.24. The van der Waals surface area contributed by atoms with Crippen LogP contribution in [-0.2, 0) is 27.2 Å². The van der Waals surface area contributed by atoms with Gasteiger partial charge in [-0.15, -0.1) is 0 Å². The summed E-state index contributed by atoms with van der Waals surface area (Å²) in [7, 11) is 1.39. The second kappa shape index (κ2) is 11.2. The van der Waals surface area contributed by atoms with Gasteiger partial charge in [-0.3, -0.25) is 9.59 Å². The summed E-state index contributed by atoms with van der Waals surface area (Å²) in [5, 5.41) is 4.25. The summed E-state index contributed by atoms with van der Waals surface area (Å²) in [6, 6.07) is 22.0. The Kier molecular flexibility index (Phi) is 7.60. The Balaban J connectivity index is 1.43. The van der Waals surface area contributed by atoms with Crippen molar-refractivity contribution >= 4 is 44.4 Å². The molecule has 5 rings (SSSR count). The smallest absolute Gasteiger partial charge is 0.310 e. The number of anilines is 1. The van der Waals surface area contributed by atoms with E-state index in [-0.39, 0.29) is 30.8 Å². The first-order valence-electron chi connectivity index (χ1n) is 12.6. The van der Waals surface area contributed by atoms with E-state index in [1.165, 1.54) is 20.0 Å². The van der Waals surface area contributed by atoms with Crippen LogP contribution in [-0.4, -0.2) is 37.1 Å². The number of benzene rings is 3. The Morgan fingerprint density at radius 2 is 1.81 bits per heavy atom. The Hall–Kier alpha value is -3.58. The van der Waals surface area contributed by atoms with Crippen molar-refractivity contribution in [2.75, 3.05) is 25.1 Å².